The molecule has 1 aromatic heterocycles. The molecular formula is C15H17NO. The summed E-state index contributed by atoms with van der Waals surface area (Å²) in [5.41, 5.74) is 5.96. The number of fused-ring (bicyclic) bond motifs is 1. The molecule has 1 aliphatic carbocycles. The lowest BCUT2D eigenvalue weighted by atomic mass is 10.0. The Kier molecular flexibility index (Phi) is 2.15. The highest BCUT2D eigenvalue weighted by Crippen LogP contribution is 2.46. The molecule has 3 rings (SSSR count). The SMILES string of the molecule is Cc1ccc2c(C3CC3)c(C=O)n(C)c2c1C. The van der Waals surface area contributed by atoms with Crippen molar-refractivity contribution in [2.75, 3.05) is 0 Å². The van der Waals surface area contributed by atoms with Crippen LogP contribution in [0.5, 0.6) is 0 Å². The number of hydrogen-bond acceptors (Lipinski definition) is 1. The topological polar surface area (TPSA) is 22.0 Å². The summed E-state index contributed by atoms with van der Waals surface area (Å²) in [4.78, 5) is 11.3. The first kappa shape index (κ1) is 10.6. The second-order valence-corrected chi connectivity index (χ2v) is 5.15. The summed E-state index contributed by atoms with van der Waals surface area (Å²) in [5.74, 6) is 0.612. The Balaban J connectivity index is 2.46. The molecule has 0 amide bonds. The van der Waals surface area contributed by atoms with Gasteiger partial charge in [-0.05, 0) is 49.3 Å². The molecule has 0 spiro atoms. The van der Waals surface area contributed by atoms with Crippen LogP contribution < -0.4 is 0 Å². The molecule has 1 fully saturated rings. The molecule has 0 bridgehead atoms. The average molecular weight is 227 g/mol. The van der Waals surface area contributed by atoms with E-state index in [9.17, 15) is 4.79 Å². The highest BCUT2D eigenvalue weighted by molar-refractivity contribution is 5.96. The van der Waals surface area contributed by atoms with Gasteiger partial charge < -0.3 is 4.57 Å². The molecule has 1 heterocycles. The first-order valence-electron chi connectivity index (χ1n) is 6.18. The zero-order valence-electron chi connectivity index (χ0n) is 10.6. The molecule has 2 aromatic rings. The maximum atomic E-state index is 11.3. The van der Waals surface area contributed by atoms with Crippen molar-refractivity contribution >= 4 is 17.2 Å². The second kappa shape index (κ2) is 3.46. The molecule has 0 unspecified atom stereocenters. The molecule has 0 atom stereocenters. The third-order valence-corrected chi connectivity index (χ3v) is 4.06. The van der Waals surface area contributed by atoms with E-state index < -0.39 is 0 Å². The second-order valence-electron chi connectivity index (χ2n) is 5.15. The van der Waals surface area contributed by atoms with Gasteiger partial charge in [0, 0.05) is 12.4 Å². The molecule has 2 heteroatoms. The molecule has 17 heavy (non-hydrogen) atoms. The van der Waals surface area contributed by atoms with E-state index in [2.05, 4.69) is 30.5 Å². The van der Waals surface area contributed by atoms with E-state index in [4.69, 9.17) is 0 Å². The van der Waals surface area contributed by atoms with E-state index in [0.29, 0.717) is 5.92 Å². The first-order chi connectivity index (χ1) is 8.15. The smallest absolute Gasteiger partial charge is 0.166 e. The van der Waals surface area contributed by atoms with Crippen LogP contribution in [0.4, 0.5) is 0 Å². The molecule has 1 aromatic carbocycles. The minimum Gasteiger partial charge on any atom is -0.341 e. The van der Waals surface area contributed by atoms with E-state index in [1.165, 1.54) is 40.4 Å². The summed E-state index contributed by atoms with van der Waals surface area (Å²) in [6.45, 7) is 4.27. The quantitative estimate of drug-likeness (QED) is 0.720. The Morgan fingerprint density at radius 1 is 1.29 bits per heavy atom. The molecule has 0 N–H and O–H groups in total. The predicted molar refractivity (Wildman–Crippen MR) is 69.8 cm³/mol. The minimum atomic E-state index is 0.612. The van der Waals surface area contributed by atoms with Gasteiger partial charge in [-0.3, -0.25) is 4.79 Å². The van der Waals surface area contributed by atoms with Crippen LogP contribution in [0.1, 0.15) is 45.9 Å². The monoisotopic (exact) mass is 227 g/mol. The molecule has 88 valence electrons. The van der Waals surface area contributed by atoms with Gasteiger partial charge >= 0.3 is 0 Å². The fraction of sp³-hybridized carbons (Fsp3) is 0.400. The molecular weight excluding hydrogens is 210 g/mol. The van der Waals surface area contributed by atoms with Crippen molar-refractivity contribution in [3.63, 3.8) is 0 Å². The average Bonchev–Trinajstić information content (AvgIpc) is 3.09. The molecule has 1 saturated carbocycles. The van der Waals surface area contributed by atoms with Crippen LogP contribution in [-0.2, 0) is 7.05 Å². The van der Waals surface area contributed by atoms with Crippen molar-refractivity contribution in [1.29, 1.82) is 0 Å². The molecule has 2 nitrogen and oxygen atoms in total. The first-order valence-corrected chi connectivity index (χ1v) is 6.18. The van der Waals surface area contributed by atoms with Crippen molar-refractivity contribution in [2.24, 2.45) is 7.05 Å². The van der Waals surface area contributed by atoms with Gasteiger partial charge in [-0.25, -0.2) is 0 Å². The number of aryl methyl sites for hydroxylation is 3. The number of rotatable bonds is 2. The highest BCUT2D eigenvalue weighted by atomic mass is 16.1. The van der Waals surface area contributed by atoms with Gasteiger partial charge in [0.1, 0.15) is 0 Å². The third-order valence-electron chi connectivity index (χ3n) is 4.06. The van der Waals surface area contributed by atoms with E-state index in [1.54, 1.807) is 0 Å². The summed E-state index contributed by atoms with van der Waals surface area (Å²) in [6, 6.07) is 4.34. The fourth-order valence-electron chi connectivity index (χ4n) is 2.83. The Bertz CT molecular complexity index is 618. The Hall–Kier alpha value is -1.57. The lowest BCUT2D eigenvalue weighted by Crippen LogP contribution is -1.97. The molecule has 0 saturated heterocycles. The number of carbonyl (C=O) groups excluding carboxylic acids is 1. The van der Waals surface area contributed by atoms with E-state index in [1.807, 2.05) is 7.05 Å². The largest absolute Gasteiger partial charge is 0.341 e. The predicted octanol–water partition coefficient (Wildman–Crippen LogP) is 3.49. The zero-order valence-corrected chi connectivity index (χ0v) is 10.6. The van der Waals surface area contributed by atoms with Crippen molar-refractivity contribution in [1.82, 2.24) is 4.57 Å². The van der Waals surface area contributed by atoms with Gasteiger partial charge in [0.25, 0.3) is 0 Å². The maximum Gasteiger partial charge on any atom is 0.166 e. The van der Waals surface area contributed by atoms with Crippen LogP contribution in [-0.4, -0.2) is 10.9 Å². The van der Waals surface area contributed by atoms with Gasteiger partial charge in [0.2, 0.25) is 0 Å². The fourth-order valence-corrected chi connectivity index (χ4v) is 2.83. The van der Waals surface area contributed by atoms with Gasteiger partial charge in [-0.2, -0.15) is 0 Å². The van der Waals surface area contributed by atoms with Crippen LogP contribution in [0.25, 0.3) is 10.9 Å². The van der Waals surface area contributed by atoms with Crippen LogP contribution in [0.2, 0.25) is 0 Å². The van der Waals surface area contributed by atoms with Crippen LogP contribution in [0.15, 0.2) is 12.1 Å². The zero-order chi connectivity index (χ0) is 12.2. The lowest BCUT2D eigenvalue weighted by Gasteiger charge is -2.04. The van der Waals surface area contributed by atoms with Crippen LogP contribution >= 0.6 is 0 Å². The van der Waals surface area contributed by atoms with Crippen LogP contribution in [0.3, 0.4) is 0 Å². The Labute approximate surface area is 101 Å². The summed E-state index contributed by atoms with van der Waals surface area (Å²) in [6.07, 6.45) is 3.47. The molecule has 1 aliphatic rings. The number of hydrogen-bond donors (Lipinski definition) is 0. The Morgan fingerprint density at radius 3 is 2.59 bits per heavy atom. The third kappa shape index (κ3) is 1.36. The lowest BCUT2D eigenvalue weighted by molar-refractivity contribution is 0.111. The summed E-state index contributed by atoms with van der Waals surface area (Å²) >= 11 is 0. The number of benzene rings is 1. The highest BCUT2D eigenvalue weighted by Gasteiger charge is 2.30. The van der Waals surface area contributed by atoms with Crippen molar-refractivity contribution < 1.29 is 4.79 Å². The van der Waals surface area contributed by atoms with Crippen LogP contribution in [0, 0.1) is 13.8 Å². The number of aldehydes is 1. The number of carbonyl (C=O) groups is 1. The number of nitrogens with zero attached hydrogens (tertiary/aromatic N) is 1. The maximum absolute atomic E-state index is 11.3. The summed E-state index contributed by atoms with van der Waals surface area (Å²) in [7, 11) is 2.00. The summed E-state index contributed by atoms with van der Waals surface area (Å²) in [5, 5.41) is 1.28. The normalized spacial score (nSPS) is 15.5. The van der Waals surface area contributed by atoms with Gasteiger partial charge in [0.15, 0.2) is 6.29 Å². The van der Waals surface area contributed by atoms with E-state index in [-0.39, 0.29) is 0 Å². The Morgan fingerprint density at radius 2 is 2.00 bits per heavy atom. The van der Waals surface area contributed by atoms with Gasteiger partial charge in [-0.15, -0.1) is 0 Å². The van der Waals surface area contributed by atoms with Crippen molar-refractivity contribution in [3.8, 4) is 0 Å². The van der Waals surface area contributed by atoms with Gasteiger partial charge in [-0.1, -0.05) is 12.1 Å². The minimum absolute atomic E-state index is 0.612. The van der Waals surface area contributed by atoms with E-state index in [0.717, 1.165) is 12.0 Å². The van der Waals surface area contributed by atoms with Gasteiger partial charge in [0.05, 0.1) is 11.2 Å². The molecule has 0 aliphatic heterocycles. The van der Waals surface area contributed by atoms with Crippen molar-refractivity contribution in [3.05, 3.63) is 34.5 Å². The van der Waals surface area contributed by atoms with E-state index >= 15 is 0 Å². The summed E-state index contributed by atoms with van der Waals surface area (Å²) < 4.78 is 2.07. The number of aromatic nitrogens is 1. The standard InChI is InChI=1S/C15H17NO/c1-9-4-7-12-14(11-5-6-11)13(8-17)16(3)15(12)10(9)2/h4,7-8,11H,5-6H2,1-3H3. The van der Waals surface area contributed by atoms with Crippen molar-refractivity contribution in [2.45, 2.75) is 32.6 Å². The molecule has 0 radical (unpaired) electrons.